The van der Waals surface area contributed by atoms with E-state index in [1.165, 1.54) is 18.5 Å². The minimum absolute atomic E-state index is 0.506. The van der Waals surface area contributed by atoms with Gasteiger partial charge in [0.25, 0.3) is 0 Å². The molecule has 0 atom stereocenters. The maximum Gasteiger partial charge on any atom is 0.0794 e. The van der Waals surface area contributed by atoms with E-state index in [-0.39, 0.29) is 0 Å². The normalized spacial score (nSPS) is 25.1. The Morgan fingerprint density at radius 2 is 2.47 bits per heavy atom. The zero-order valence-corrected chi connectivity index (χ0v) is 9.93. The van der Waals surface area contributed by atoms with Gasteiger partial charge in [-0.25, -0.2) is 4.98 Å². The first-order valence-electron chi connectivity index (χ1n) is 5.60. The van der Waals surface area contributed by atoms with Crippen molar-refractivity contribution < 1.29 is 4.74 Å². The molecule has 4 heteroatoms. The molecule has 15 heavy (non-hydrogen) atoms. The number of thiazole rings is 1. The first kappa shape index (κ1) is 11.0. The number of nitrogens with zero attached hydrogens (tertiary/aromatic N) is 1. The van der Waals surface area contributed by atoms with E-state index < -0.39 is 0 Å². The minimum atomic E-state index is 0.506. The Kier molecular flexibility index (Phi) is 4.11. The van der Waals surface area contributed by atoms with E-state index in [0.29, 0.717) is 12.1 Å². The SMILES string of the molecule is CCOC1CC(NCCc2cscn2)C1. The summed E-state index contributed by atoms with van der Waals surface area (Å²) < 4.78 is 5.51. The molecule has 0 aliphatic heterocycles. The van der Waals surface area contributed by atoms with E-state index in [0.717, 1.165) is 19.6 Å². The molecule has 3 nitrogen and oxygen atoms in total. The fourth-order valence-electron chi connectivity index (χ4n) is 1.87. The van der Waals surface area contributed by atoms with E-state index in [4.69, 9.17) is 4.74 Å². The van der Waals surface area contributed by atoms with Crippen molar-refractivity contribution in [3.8, 4) is 0 Å². The first-order chi connectivity index (χ1) is 7.38. The van der Waals surface area contributed by atoms with Gasteiger partial charge in [0.1, 0.15) is 0 Å². The molecule has 0 radical (unpaired) electrons. The number of nitrogens with one attached hydrogen (secondary N) is 1. The molecule has 1 fully saturated rings. The summed E-state index contributed by atoms with van der Waals surface area (Å²) >= 11 is 1.67. The van der Waals surface area contributed by atoms with Crippen LogP contribution in [0.3, 0.4) is 0 Å². The Morgan fingerprint density at radius 1 is 1.60 bits per heavy atom. The molecule has 0 spiro atoms. The van der Waals surface area contributed by atoms with Crippen LogP contribution in [0.1, 0.15) is 25.5 Å². The first-order valence-corrected chi connectivity index (χ1v) is 6.54. The van der Waals surface area contributed by atoms with Crippen molar-refractivity contribution in [2.45, 2.75) is 38.3 Å². The Hall–Kier alpha value is -0.450. The molecule has 0 unspecified atom stereocenters. The fraction of sp³-hybridized carbons (Fsp3) is 0.727. The molecule has 0 amide bonds. The van der Waals surface area contributed by atoms with Crippen LogP contribution in [0.5, 0.6) is 0 Å². The minimum Gasteiger partial charge on any atom is -0.378 e. The topological polar surface area (TPSA) is 34.1 Å². The van der Waals surface area contributed by atoms with E-state index in [1.54, 1.807) is 11.3 Å². The van der Waals surface area contributed by atoms with Crippen LogP contribution in [-0.2, 0) is 11.2 Å². The second-order valence-electron chi connectivity index (χ2n) is 3.93. The summed E-state index contributed by atoms with van der Waals surface area (Å²) in [4.78, 5) is 4.26. The molecule has 0 bridgehead atoms. The lowest BCUT2D eigenvalue weighted by Gasteiger charge is -2.35. The Morgan fingerprint density at radius 3 is 3.13 bits per heavy atom. The van der Waals surface area contributed by atoms with Gasteiger partial charge in [0.15, 0.2) is 0 Å². The van der Waals surface area contributed by atoms with Gasteiger partial charge < -0.3 is 10.1 Å². The molecule has 1 aliphatic rings. The van der Waals surface area contributed by atoms with E-state index in [1.807, 2.05) is 5.51 Å². The molecular weight excluding hydrogens is 208 g/mol. The highest BCUT2D eigenvalue weighted by Crippen LogP contribution is 2.22. The second-order valence-corrected chi connectivity index (χ2v) is 4.65. The third-order valence-corrected chi connectivity index (χ3v) is 3.43. The number of hydrogen-bond donors (Lipinski definition) is 1. The van der Waals surface area contributed by atoms with Crippen LogP contribution in [0.15, 0.2) is 10.9 Å². The molecule has 0 aromatic carbocycles. The van der Waals surface area contributed by atoms with Crippen LogP contribution in [0.2, 0.25) is 0 Å². The predicted octanol–water partition coefficient (Wildman–Crippen LogP) is 1.84. The summed E-state index contributed by atoms with van der Waals surface area (Å²) in [6.07, 6.45) is 3.89. The van der Waals surface area contributed by atoms with Gasteiger partial charge in [0.2, 0.25) is 0 Å². The molecule has 0 saturated heterocycles. The molecule has 84 valence electrons. The van der Waals surface area contributed by atoms with Crippen LogP contribution in [0.4, 0.5) is 0 Å². The average Bonchev–Trinajstić information content (AvgIpc) is 2.66. The summed E-state index contributed by atoms with van der Waals surface area (Å²) in [6, 6.07) is 0.667. The number of rotatable bonds is 6. The molecule has 1 N–H and O–H groups in total. The van der Waals surface area contributed by atoms with Crippen LogP contribution >= 0.6 is 11.3 Å². The highest BCUT2D eigenvalue weighted by atomic mass is 32.1. The lowest BCUT2D eigenvalue weighted by molar-refractivity contribution is -0.00961. The summed E-state index contributed by atoms with van der Waals surface area (Å²) in [6.45, 7) is 3.94. The maximum atomic E-state index is 5.51. The lowest BCUT2D eigenvalue weighted by Crippen LogP contribution is -2.46. The Balaban J connectivity index is 1.53. The molecule has 1 aromatic heterocycles. The quantitative estimate of drug-likeness (QED) is 0.803. The van der Waals surface area contributed by atoms with Gasteiger partial charge in [-0.2, -0.15) is 0 Å². The molecule has 1 aliphatic carbocycles. The monoisotopic (exact) mass is 226 g/mol. The summed E-state index contributed by atoms with van der Waals surface area (Å²) in [5.74, 6) is 0. The second kappa shape index (κ2) is 5.58. The van der Waals surface area contributed by atoms with Crippen molar-refractivity contribution in [2.24, 2.45) is 0 Å². The van der Waals surface area contributed by atoms with Crippen LogP contribution in [-0.4, -0.2) is 30.3 Å². The highest BCUT2D eigenvalue weighted by molar-refractivity contribution is 7.07. The van der Waals surface area contributed by atoms with Crippen LogP contribution < -0.4 is 5.32 Å². The molecule has 1 saturated carbocycles. The zero-order valence-electron chi connectivity index (χ0n) is 9.11. The third kappa shape index (κ3) is 3.26. The van der Waals surface area contributed by atoms with Crippen molar-refractivity contribution in [3.05, 3.63) is 16.6 Å². The molecular formula is C11H18N2OS. The van der Waals surface area contributed by atoms with Gasteiger partial charge in [-0.3, -0.25) is 0 Å². The number of aromatic nitrogens is 1. The van der Waals surface area contributed by atoms with Crippen molar-refractivity contribution in [3.63, 3.8) is 0 Å². The van der Waals surface area contributed by atoms with Crippen molar-refractivity contribution >= 4 is 11.3 Å². The smallest absolute Gasteiger partial charge is 0.0794 e. The van der Waals surface area contributed by atoms with Crippen molar-refractivity contribution in [2.75, 3.05) is 13.2 Å². The largest absolute Gasteiger partial charge is 0.378 e. The summed E-state index contributed by atoms with van der Waals surface area (Å²) in [5, 5.41) is 5.65. The van der Waals surface area contributed by atoms with Crippen LogP contribution in [0.25, 0.3) is 0 Å². The standard InChI is InChI=1S/C11H18N2OS/c1-2-14-11-5-10(6-11)12-4-3-9-7-15-8-13-9/h7-8,10-12H,2-6H2,1H3. The number of hydrogen-bond acceptors (Lipinski definition) is 4. The van der Waals surface area contributed by atoms with Gasteiger partial charge in [0, 0.05) is 31.0 Å². The predicted molar refractivity (Wildman–Crippen MR) is 62.3 cm³/mol. The average molecular weight is 226 g/mol. The molecule has 2 rings (SSSR count). The van der Waals surface area contributed by atoms with Crippen LogP contribution in [0, 0.1) is 0 Å². The fourth-order valence-corrected chi connectivity index (χ4v) is 2.46. The van der Waals surface area contributed by atoms with E-state index in [2.05, 4.69) is 22.6 Å². The van der Waals surface area contributed by atoms with Gasteiger partial charge in [-0.05, 0) is 19.8 Å². The lowest BCUT2D eigenvalue weighted by atomic mass is 9.89. The maximum absolute atomic E-state index is 5.51. The summed E-state index contributed by atoms with van der Waals surface area (Å²) in [7, 11) is 0. The van der Waals surface area contributed by atoms with Gasteiger partial charge >= 0.3 is 0 Å². The summed E-state index contributed by atoms with van der Waals surface area (Å²) in [5.41, 5.74) is 3.09. The highest BCUT2D eigenvalue weighted by Gasteiger charge is 2.28. The van der Waals surface area contributed by atoms with Gasteiger partial charge in [-0.15, -0.1) is 11.3 Å². The van der Waals surface area contributed by atoms with Crippen molar-refractivity contribution in [1.29, 1.82) is 0 Å². The van der Waals surface area contributed by atoms with Crippen molar-refractivity contribution in [1.82, 2.24) is 10.3 Å². The zero-order chi connectivity index (χ0) is 10.5. The Labute approximate surface area is 94.9 Å². The van der Waals surface area contributed by atoms with Gasteiger partial charge in [-0.1, -0.05) is 0 Å². The molecule has 1 aromatic rings. The third-order valence-electron chi connectivity index (χ3n) is 2.79. The van der Waals surface area contributed by atoms with E-state index in [9.17, 15) is 0 Å². The number of ether oxygens (including phenoxy) is 1. The Bertz CT molecular complexity index is 270. The molecule has 1 heterocycles. The van der Waals surface area contributed by atoms with E-state index >= 15 is 0 Å². The van der Waals surface area contributed by atoms with Gasteiger partial charge in [0.05, 0.1) is 17.3 Å².